The molecule has 1 heterocycles. The Morgan fingerprint density at radius 3 is 2.45 bits per heavy atom. The van der Waals surface area contributed by atoms with Gasteiger partial charge in [-0.2, -0.15) is 0 Å². The molecule has 0 fully saturated rings. The predicted octanol–water partition coefficient (Wildman–Crippen LogP) is 4.42. The Bertz CT molecular complexity index is 724. The minimum Gasteiger partial charge on any atom is -0.486 e. The Morgan fingerprint density at radius 2 is 1.86 bits per heavy atom. The normalized spacial score (nSPS) is 15.8. The topological polar surface area (TPSA) is 49.7 Å². The van der Waals surface area contributed by atoms with Crippen molar-refractivity contribution in [2.75, 3.05) is 6.61 Å². The number of benzene rings is 2. The van der Waals surface area contributed by atoms with Crippen LogP contribution in [-0.4, -0.2) is 16.8 Å². The summed E-state index contributed by atoms with van der Waals surface area (Å²) in [6, 6.07) is 9.98. The number of hydrogen-bond donors (Lipinski definition) is 2. The molecule has 2 N–H and O–H groups in total. The standard InChI is InChI=1S/C17H16BrClO3/c1-9(2)10-3-5-11(6-4-10)12-7-13(18)15(19)14-16(12)22-8-17(14,20)21/h3-7,9,20-21H,8H2,1-2H3. The predicted molar refractivity (Wildman–Crippen MR) is 90.3 cm³/mol. The summed E-state index contributed by atoms with van der Waals surface area (Å²) in [5, 5.41) is 20.4. The summed E-state index contributed by atoms with van der Waals surface area (Å²) in [6.07, 6.45) is 0. The van der Waals surface area contributed by atoms with Crippen LogP contribution in [0.25, 0.3) is 11.1 Å². The summed E-state index contributed by atoms with van der Waals surface area (Å²) in [5.41, 5.74) is 3.18. The molecule has 1 aliphatic rings. The van der Waals surface area contributed by atoms with Crippen molar-refractivity contribution < 1.29 is 14.9 Å². The molecule has 0 saturated heterocycles. The second kappa shape index (κ2) is 5.53. The van der Waals surface area contributed by atoms with Crippen LogP contribution in [0.3, 0.4) is 0 Å². The first kappa shape index (κ1) is 15.8. The van der Waals surface area contributed by atoms with Gasteiger partial charge in [-0.25, -0.2) is 0 Å². The third-order valence-electron chi connectivity index (χ3n) is 3.88. The maximum absolute atomic E-state index is 10.1. The second-order valence-corrected chi connectivity index (χ2v) is 7.04. The molecule has 3 nitrogen and oxygen atoms in total. The number of rotatable bonds is 2. The number of ether oxygens (including phenoxy) is 1. The van der Waals surface area contributed by atoms with Crippen molar-refractivity contribution in [2.24, 2.45) is 0 Å². The van der Waals surface area contributed by atoms with Gasteiger partial charge in [0.15, 0.2) is 0 Å². The van der Waals surface area contributed by atoms with Crippen molar-refractivity contribution >= 4 is 27.5 Å². The molecule has 0 saturated carbocycles. The molecule has 0 unspecified atom stereocenters. The first-order valence-electron chi connectivity index (χ1n) is 7.01. The first-order valence-corrected chi connectivity index (χ1v) is 8.18. The molecule has 0 amide bonds. The second-order valence-electron chi connectivity index (χ2n) is 5.81. The summed E-state index contributed by atoms with van der Waals surface area (Å²) in [6.45, 7) is 4.05. The van der Waals surface area contributed by atoms with Crippen molar-refractivity contribution in [3.63, 3.8) is 0 Å². The molecular weight excluding hydrogens is 368 g/mol. The largest absolute Gasteiger partial charge is 0.486 e. The highest BCUT2D eigenvalue weighted by Gasteiger charge is 2.41. The highest BCUT2D eigenvalue weighted by molar-refractivity contribution is 9.10. The Labute approximate surface area is 142 Å². The summed E-state index contributed by atoms with van der Waals surface area (Å²) in [4.78, 5) is 0. The third-order valence-corrected chi connectivity index (χ3v) is 5.12. The van der Waals surface area contributed by atoms with Crippen LogP contribution in [-0.2, 0) is 5.79 Å². The maximum Gasteiger partial charge on any atom is 0.230 e. The Hall–Kier alpha value is -1.07. The fourth-order valence-corrected chi connectivity index (χ4v) is 3.34. The fourth-order valence-electron chi connectivity index (χ4n) is 2.62. The van der Waals surface area contributed by atoms with Gasteiger partial charge in [-0.1, -0.05) is 49.7 Å². The lowest BCUT2D eigenvalue weighted by Gasteiger charge is -2.16. The van der Waals surface area contributed by atoms with Gasteiger partial charge in [-0.15, -0.1) is 0 Å². The van der Waals surface area contributed by atoms with E-state index in [9.17, 15) is 10.2 Å². The molecule has 0 atom stereocenters. The van der Waals surface area contributed by atoms with Gasteiger partial charge >= 0.3 is 0 Å². The molecule has 1 aliphatic heterocycles. The average molecular weight is 384 g/mol. The van der Waals surface area contributed by atoms with E-state index in [1.807, 2.05) is 18.2 Å². The summed E-state index contributed by atoms with van der Waals surface area (Å²) < 4.78 is 6.11. The zero-order valence-electron chi connectivity index (χ0n) is 12.2. The summed E-state index contributed by atoms with van der Waals surface area (Å²) in [7, 11) is 0. The first-order chi connectivity index (χ1) is 10.3. The molecule has 0 bridgehead atoms. The Balaban J connectivity index is 2.17. The lowest BCUT2D eigenvalue weighted by molar-refractivity contribution is -0.173. The number of aliphatic hydroxyl groups is 2. The van der Waals surface area contributed by atoms with Crippen molar-refractivity contribution in [3.05, 3.63) is 51.0 Å². The van der Waals surface area contributed by atoms with E-state index in [4.69, 9.17) is 16.3 Å². The monoisotopic (exact) mass is 382 g/mol. The van der Waals surface area contributed by atoms with E-state index in [1.54, 1.807) is 0 Å². The number of hydrogen-bond acceptors (Lipinski definition) is 3. The van der Waals surface area contributed by atoms with Crippen LogP contribution in [0.5, 0.6) is 5.75 Å². The molecule has 2 aromatic rings. The maximum atomic E-state index is 10.1. The fraction of sp³-hybridized carbons (Fsp3) is 0.294. The van der Waals surface area contributed by atoms with Gasteiger partial charge in [0, 0.05) is 10.0 Å². The highest BCUT2D eigenvalue weighted by Crippen LogP contribution is 2.49. The van der Waals surface area contributed by atoms with E-state index >= 15 is 0 Å². The molecule has 0 aliphatic carbocycles. The van der Waals surface area contributed by atoms with Crippen molar-refractivity contribution in [3.8, 4) is 16.9 Å². The van der Waals surface area contributed by atoms with Crippen LogP contribution in [0.2, 0.25) is 5.02 Å². The zero-order valence-corrected chi connectivity index (χ0v) is 14.6. The van der Waals surface area contributed by atoms with Crippen LogP contribution < -0.4 is 4.74 Å². The average Bonchev–Trinajstić information content (AvgIpc) is 2.79. The molecule has 3 rings (SSSR count). The van der Waals surface area contributed by atoms with E-state index in [-0.39, 0.29) is 17.2 Å². The summed E-state index contributed by atoms with van der Waals surface area (Å²) >= 11 is 9.58. The molecule has 0 aromatic heterocycles. The van der Waals surface area contributed by atoms with Crippen LogP contribution in [0.4, 0.5) is 0 Å². The van der Waals surface area contributed by atoms with Crippen molar-refractivity contribution in [2.45, 2.75) is 25.6 Å². The van der Waals surface area contributed by atoms with Gasteiger partial charge < -0.3 is 14.9 Å². The minimum atomic E-state index is -2.07. The van der Waals surface area contributed by atoms with Gasteiger partial charge in [0.2, 0.25) is 5.79 Å². The van der Waals surface area contributed by atoms with E-state index in [0.717, 1.165) is 11.1 Å². The van der Waals surface area contributed by atoms with Gasteiger partial charge in [-0.3, -0.25) is 0 Å². The van der Waals surface area contributed by atoms with Crippen molar-refractivity contribution in [1.29, 1.82) is 0 Å². The SMILES string of the molecule is CC(C)c1ccc(-c2cc(Br)c(Cl)c3c2OCC3(O)O)cc1. The van der Waals surface area contributed by atoms with Crippen molar-refractivity contribution in [1.82, 2.24) is 0 Å². The van der Waals surface area contributed by atoms with E-state index in [1.165, 1.54) is 5.56 Å². The Morgan fingerprint density at radius 1 is 1.23 bits per heavy atom. The van der Waals surface area contributed by atoms with Gasteiger partial charge in [-0.05, 0) is 39.0 Å². The molecule has 0 radical (unpaired) electrons. The van der Waals surface area contributed by atoms with Gasteiger partial charge in [0.05, 0.1) is 10.6 Å². The smallest absolute Gasteiger partial charge is 0.230 e. The lowest BCUT2D eigenvalue weighted by Crippen LogP contribution is -2.26. The third kappa shape index (κ3) is 2.54. The van der Waals surface area contributed by atoms with Crippen LogP contribution >= 0.6 is 27.5 Å². The number of halogens is 2. The summed E-state index contributed by atoms with van der Waals surface area (Å²) in [5.74, 6) is -1.19. The molecule has 22 heavy (non-hydrogen) atoms. The molecule has 116 valence electrons. The minimum absolute atomic E-state index is 0.214. The quantitative estimate of drug-likeness (QED) is 0.755. The van der Waals surface area contributed by atoms with Gasteiger partial charge in [0.1, 0.15) is 12.4 Å². The lowest BCUT2D eigenvalue weighted by atomic mass is 9.96. The highest BCUT2D eigenvalue weighted by atomic mass is 79.9. The molecule has 2 aromatic carbocycles. The Kier molecular flexibility index (Phi) is 3.98. The zero-order chi connectivity index (χ0) is 16.1. The molecule has 5 heteroatoms. The molecule has 0 spiro atoms. The molecular formula is C17H16BrClO3. The van der Waals surface area contributed by atoms with E-state index in [0.29, 0.717) is 16.1 Å². The van der Waals surface area contributed by atoms with Crippen LogP contribution in [0.1, 0.15) is 30.9 Å². The van der Waals surface area contributed by atoms with E-state index in [2.05, 4.69) is 41.9 Å². The van der Waals surface area contributed by atoms with Crippen LogP contribution in [0, 0.1) is 0 Å². The van der Waals surface area contributed by atoms with Gasteiger partial charge in [0.25, 0.3) is 0 Å². The van der Waals surface area contributed by atoms with E-state index < -0.39 is 5.79 Å². The van der Waals surface area contributed by atoms with Crippen LogP contribution in [0.15, 0.2) is 34.8 Å². The number of fused-ring (bicyclic) bond motifs is 1.